The van der Waals surface area contributed by atoms with Crippen LogP contribution < -0.4 is 5.73 Å². The van der Waals surface area contributed by atoms with E-state index in [0.29, 0.717) is 28.4 Å². The number of nitrogens with two attached hydrogens (primary N) is 1. The smallest absolute Gasteiger partial charge is 0.223 e. The number of aromatic nitrogens is 5. The number of imidazole rings is 1. The topological polar surface area (TPSA) is 132 Å². The molecule has 1 aliphatic rings. The Bertz CT molecular complexity index is 965. The molecule has 4 N–H and O–H groups in total. The maximum atomic E-state index is 9.98. The SMILES string of the molecule is Cc1cccc(CSc2nc(N)nc3c2ncn3[C@H]2C[C@H](O)[C@H](CO)O2)n1. The highest BCUT2D eigenvalue weighted by Crippen LogP contribution is 2.33. The second kappa shape index (κ2) is 7.39. The largest absolute Gasteiger partial charge is 0.394 e. The lowest BCUT2D eigenvalue weighted by Gasteiger charge is -2.13. The summed E-state index contributed by atoms with van der Waals surface area (Å²) in [6.45, 7) is 1.71. The molecule has 0 radical (unpaired) electrons. The van der Waals surface area contributed by atoms with Gasteiger partial charge in [-0.25, -0.2) is 9.97 Å². The van der Waals surface area contributed by atoms with Gasteiger partial charge in [-0.05, 0) is 19.1 Å². The van der Waals surface area contributed by atoms with Gasteiger partial charge in [-0.2, -0.15) is 4.98 Å². The first-order valence-electron chi connectivity index (χ1n) is 8.55. The summed E-state index contributed by atoms with van der Waals surface area (Å²) in [4.78, 5) is 17.5. The Morgan fingerprint density at radius 1 is 1.33 bits per heavy atom. The van der Waals surface area contributed by atoms with Crippen molar-refractivity contribution in [1.82, 2.24) is 24.5 Å². The quantitative estimate of drug-likeness (QED) is 0.433. The lowest BCUT2D eigenvalue weighted by atomic mass is 10.2. The fourth-order valence-corrected chi connectivity index (χ4v) is 3.97. The maximum Gasteiger partial charge on any atom is 0.223 e. The third-order valence-electron chi connectivity index (χ3n) is 4.40. The summed E-state index contributed by atoms with van der Waals surface area (Å²) >= 11 is 1.49. The van der Waals surface area contributed by atoms with E-state index in [0.717, 1.165) is 11.4 Å². The monoisotopic (exact) mass is 388 g/mol. The van der Waals surface area contributed by atoms with Gasteiger partial charge in [-0.1, -0.05) is 17.8 Å². The van der Waals surface area contributed by atoms with Gasteiger partial charge >= 0.3 is 0 Å². The molecular formula is C17H20N6O3S. The molecule has 1 fully saturated rings. The summed E-state index contributed by atoms with van der Waals surface area (Å²) in [5.41, 5.74) is 8.96. The molecule has 0 aromatic carbocycles. The van der Waals surface area contributed by atoms with Gasteiger partial charge in [0.1, 0.15) is 22.9 Å². The van der Waals surface area contributed by atoms with E-state index in [-0.39, 0.29) is 12.6 Å². The molecule has 4 rings (SSSR count). The standard InChI is InChI=1S/C17H20N6O3S/c1-9-3-2-4-10(20-9)7-27-16-14-15(21-17(18)22-16)23(8-19-14)13-5-11(25)12(6-24)26-13/h2-4,8,11-13,24-25H,5-7H2,1H3,(H2,18,21,22)/t11-,12-,13+/m0/s1. The summed E-state index contributed by atoms with van der Waals surface area (Å²) in [6, 6.07) is 5.88. The van der Waals surface area contributed by atoms with Crippen molar-refractivity contribution in [1.29, 1.82) is 0 Å². The molecule has 0 aliphatic carbocycles. The Morgan fingerprint density at radius 2 is 2.19 bits per heavy atom. The molecule has 3 aromatic rings. The Hall–Kier alpha value is -2.27. The normalized spacial score (nSPS) is 22.6. The van der Waals surface area contributed by atoms with Crippen LogP contribution in [-0.4, -0.2) is 53.5 Å². The van der Waals surface area contributed by atoms with E-state index in [4.69, 9.17) is 10.5 Å². The third kappa shape index (κ3) is 3.61. The highest BCUT2D eigenvalue weighted by atomic mass is 32.2. The number of nitrogen functional groups attached to an aromatic ring is 1. The van der Waals surface area contributed by atoms with Crippen molar-refractivity contribution >= 4 is 28.9 Å². The summed E-state index contributed by atoms with van der Waals surface area (Å²) < 4.78 is 7.43. The average Bonchev–Trinajstić information content (AvgIpc) is 3.22. The first-order valence-corrected chi connectivity index (χ1v) is 9.53. The second-order valence-electron chi connectivity index (χ2n) is 6.38. The fraction of sp³-hybridized carbons (Fsp3) is 0.412. The van der Waals surface area contributed by atoms with Gasteiger partial charge in [0.15, 0.2) is 5.65 Å². The van der Waals surface area contributed by atoms with Crippen molar-refractivity contribution in [2.75, 3.05) is 12.3 Å². The second-order valence-corrected chi connectivity index (χ2v) is 7.35. The number of ether oxygens (including phenoxy) is 1. The van der Waals surface area contributed by atoms with Crippen molar-refractivity contribution in [3.8, 4) is 0 Å². The van der Waals surface area contributed by atoms with Crippen LogP contribution in [-0.2, 0) is 10.5 Å². The average molecular weight is 388 g/mol. The van der Waals surface area contributed by atoms with Crippen LogP contribution in [0.1, 0.15) is 24.0 Å². The Morgan fingerprint density at radius 3 is 2.93 bits per heavy atom. The summed E-state index contributed by atoms with van der Waals surface area (Å²) in [5.74, 6) is 0.770. The zero-order valence-corrected chi connectivity index (χ0v) is 15.5. The molecule has 0 spiro atoms. The van der Waals surface area contributed by atoms with Crippen LogP contribution >= 0.6 is 11.8 Å². The number of aryl methyl sites for hydroxylation is 1. The van der Waals surface area contributed by atoms with Gasteiger partial charge in [-0.15, -0.1) is 0 Å². The molecule has 9 nitrogen and oxygen atoms in total. The molecule has 27 heavy (non-hydrogen) atoms. The van der Waals surface area contributed by atoms with E-state index in [1.54, 1.807) is 10.9 Å². The summed E-state index contributed by atoms with van der Waals surface area (Å²) in [5, 5.41) is 19.9. The van der Waals surface area contributed by atoms with E-state index < -0.39 is 18.4 Å². The maximum absolute atomic E-state index is 9.98. The molecule has 0 unspecified atom stereocenters. The van der Waals surface area contributed by atoms with Crippen molar-refractivity contribution in [3.63, 3.8) is 0 Å². The number of aliphatic hydroxyl groups excluding tert-OH is 2. The highest BCUT2D eigenvalue weighted by Gasteiger charge is 2.35. The fourth-order valence-electron chi connectivity index (χ4n) is 3.09. The van der Waals surface area contributed by atoms with Crippen molar-refractivity contribution in [2.45, 2.75) is 42.6 Å². The molecule has 3 atom stereocenters. The van der Waals surface area contributed by atoms with Gasteiger partial charge in [0, 0.05) is 17.9 Å². The van der Waals surface area contributed by atoms with Crippen molar-refractivity contribution < 1.29 is 14.9 Å². The lowest BCUT2D eigenvalue weighted by Crippen LogP contribution is -2.24. The molecule has 1 aliphatic heterocycles. The predicted molar refractivity (Wildman–Crippen MR) is 99.9 cm³/mol. The van der Waals surface area contributed by atoms with Gasteiger partial charge in [-0.3, -0.25) is 9.55 Å². The third-order valence-corrected chi connectivity index (χ3v) is 5.40. The molecule has 3 aromatic heterocycles. The van der Waals surface area contributed by atoms with Crippen molar-refractivity contribution in [3.05, 3.63) is 35.9 Å². The van der Waals surface area contributed by atoms with Crippen LogP contribution in [0.5, 0.6) is 0 Å². The number of pyridine rings is 1. The highest BCUT2D eigenvalue weighted by molar-refractivity contribution is 7.98. The number of rotatable bonds is 5. The molecule has 0 saturated carbocycles. The van der Waals surface area contributed by atoms with E-state index in [9.17, 15) is 10.2 Å². The molecule has 1 saturated heterocycles. The van der Waals surface area contributed by atoms with Gasteiger partial charge < -0.3 is 20.7 Å². The number of thioether (sulfide) groups is 1. The molecular weight excluding hydrogens is 368 g/mol. The van der Waals surface area contributed by atoms with Crippen LogP contribution in [0.3, 0.4) is 0 Å². The number of fused-ring (bicyclic) bond motifs is 1. The van der Waals surface area contributed by atoms with E-state index in [2.05, 4.69) is 19.9 Å². The number of hydrogen-bond donors (Lipinski definition) is 3. The van der Waals surface area contributed by atoms with E-state index >= 15 is 0 Å². The predicted octanol–water partition coefficient (Wildman–Crippen LogP) is 1.04. The van der Waals surface area contributed by atoms with Gasteiger partial charge in [0.25, 0.3) is 0 Å². The van der Waals surface area contributed by atoms with Gasteiger partial charge in [0.05, 0.1) is 24.7 Å². The lowest BCUT2D eigenvalue weighted by molar-refractivity contribution is -0.0432. The van der Waals surface area contributed by atoms with Crippen LogP contribution in [0.15, 0.2) is 29.6 Å². The van der Waals surface area contributed by atoms with Crippen LogP contribution in [0.2, 0.25) is 0 Å². The summed E-state index contributed by atoms with van der Waals surface area (Å²) in [6.07, 6.45) is 0.125. The Kier molecular flexibility index (Phi) is 4.96. The Labute approximate surface area is 159 Å². The molecule has 4 heterocycles. The van der Waals surface area contributed by atoms with Crippen LogP contribution in [0.4, 0.5) is 5.95 Å². The number of hydrogen-bond acceptors (Lipinski definition) is 9. The molecule has 0 amide bonds. The minimum Gasteiger partial charge on any atom is -0.394 e. The minimum absolute atomic E-state index is 0.140. The van der Waals surface area contributed by atoms with Gasteiger partial charge in [0.2, 0.25) is 5.95 Å². The number of anilines is 1. The van der Waals surface area contributed by atoms with Crippen LogP contribution in [0.25, 0.3) is 11.2 Å². The first kappa shape index (κ1) is 18.1. The number of nitrogens with zero attached hydrogens (tertiary/aromatic N) is 5. The first-order chi connectivity index (χ1) is 13.0. The molecule has 10 heteroatoms. The zero-order valence-electron chi connectivity index (χ0n) is 14.7. The zero-order chi connectivity index (χ0) is 19.0. The molecule has 142 valence electrons. The van der Waals surface area contributed by atoms with E-state index in [1.165, 1.54) is 11.8 Å². The number of aliphatic hydroxyl groups is 2. The summed E-state index contributed by atoms with van der Waals surface area (Å²) in [7, 11) is 0. The van der Waals surface area contributed by atoms with Crippen molar-refractivity contribution in [2.24, 2.45) is 0 Å². The van der Waals surface area contributed by atoms with E-state index in [1.807, 2.05) is 25.1 Å². The van der Waals surface area contributed by atoms with Crippen LogP contribution in [0, 0.1) is 6.92 Å². The Balaban J connectivity index is 1.62. The molecule has 0 bridgehead atoms. The minimum atomic E-state index is -0.738.